The summed E-state index contributed by atoms with van der Waals surface area (Å²) in [6, 6.07) is 13.0. The maximum atomic E-state index is 12.1. The smallest absolute Gasteiger partial charge is 0.251 e. The van der Waals surface area contributed by atoms with Crippen LogP contribution in [0.4, 0.5) is 5.82 Å². The Balaban J connectivity index is 1.48. The normalized spacial score (nSPS) is 10.4. The summed E-state index contributed by atoms with van der Waals surface area (Å²) >= 11 is 3.36. The number of aromatic nitrogens is 3. The summed E-state index contributed by atoms with van der Waals surface area (Å²) in [5, 5.41) is 6.21. The highest BCUT2D eigenvalue weighted by atomic mass is 79.9. The fraction of sp³-hybridized carbons (Fsp3) is 0.200. The molecule has 3 rings (SSSR count). The van der Waals surface area contributed by atoms with Crippen molar-refractivity contribution in [3.05, 3.63) is 70.6 Å². The van der Waals surface area contributed by atoms with Gasteiger partial charge in [-0.25, -0.2) is 9.97 Å². The number of halogens is 1. The van der Waals surface area contributed by atoms with Crippen LogP contribution in [0.15, 0.2) is 59.3 Å². The number of pyridine rings is 1. The molecule has 27 heavy (non-hydrogen) atoms. The number of rotatable bonds is 7. The van der Waals surface area contributed by atoms with Gasteiger partial charge in [-0.3, -0.25) is 9.78 Å². The molecule has 1 amide bonds. The van der Waals surface area contributed by atoms with Crippen LogP contribution in [-0.4, -0.2) is 33.9 Å². The van der Waals surface area contributed by atoms with Crippen LogP contribution in [0.5, 0.6) is 0 Å². The average molecular weight is 426 g/mol. The van der Waals surface area contributed by atoms with Crippen molar-refractivity contribution in [2.45, 2.75) is 13.3 Å². The lowest BCUT2D eigenvalue weighted by Crippen LogP contribution is -2.25. The third kappa shape index (κ3) is 5.59. The molecule has 0 spiro atoms. The van der Waals surface area contributed by atoms with E-state index in [0.717, 1.165) is 28.0 Å². The molecule has 6 nitrogen and oxygen atoms in total. The standard InChI is InChI=1S/C20H20BrN5O/c1-14-12-18(26-19(25-14)16-4-2-9-22-13-16)23-10-3-11-24-20(27)15-5-7-17(21)8-6-15/h2,4-9,12-13H,3,10-11H2,1H3,(H,24,27)(H,23,25,26). The van der Waals surface area contributed by atoms with Crippen LogP contribution >= 0.6 is 15.9 Å². The number of aryl methyl sites for hydroxylation is 1. The van der Waals surface area contributed by atoms with Gasteiger partial charge in [0.05, 0.1) is 0 Å². The van der Waals surface area contributed by atoms with Gasteiger partial charge in [0.15, 0.2) is 5.82 Å². The predicted octanol–water partition coefficient (Wildman–Crippen LogP) is 3.84. The highest BCUT2D eigenvalue weighted by molar-refractivity contribution is 9.10. The fourth-order valence-corrected chi connectivity index (χ4v) is 2.76. The molecule has 2 heterocycles. The SMILES string of the molecule is Cc1cc(NCCCNC(=O)c2ccc(Br)cc2)nc(-c2cccnc2)n1. The first-order valence-electron chi connectivity index (χ1n) is 8.65. The number of nitrogens with one attached hydrogen (secondary N) is 2. The highest BCUT2D eigenvalue weighted by Crippen LogP contribution is 2.16. The summed E-state index contributed by atoms with van der Waals surface area (Å²) in [5.41, 5.74) is 2.42. The first kappa shape index (κ1) is 19.0. The van der Waals surface area contributed by atoms with Crippen LogP contribution in [0.1, 0.15) is 22.5 Å². The summed E-state index contributed by atoms with van der Waals surface area (Å²) in [6.45, 7) is 3.22. The summed E-state index contributed by atoms with van der Waals surface area (Å²) in [4.78, 5) is 25.2. The first-order chi connectivity index (χ1) is 13.1. The number of carbonyl (C=O) groups excluding carboxylic acids is 1. The molecule has 0 unspecified atom stereocenters. The Labute approximate surface area is 166 Å². The van der Waals surface area contributed by atoms with E-state index in [2.05, 4.69) is 41.5 Å². The number of hydrogen-bond acceptors (Lipinski definition) is 5. The van der Waals surface area contributed by atoms with Crippen LogP contribution in [0, 0.1) is 6.92 Å². The van der Waals surface area contributed by atoms with Crippen molar-refractivity contribution in [3.8, 4) is 11.4 Å². The van der Waals surface area contributed by atoms with Crippen molar-refractivity contribution >= 4 is 27.7 Å². The molecule has 0 atom stereocenters. The molecule has 0 aliphatic heterocycles. The van der Waals surface area contributed by atoms with E-state index >= 15 is 0 Å². The van der Waals surface area contributed by atoms with Gasteiger partial charge in [-0.15, -0.1) is 0 Å². The van der Waals surface area contributed by atoms with Crippen molar-refractivity contribution in [1.29, 1.82) is 0 Å². The minimum Gasteiger partial charge on any atom is -0.370 e. The topological polar surface area (TPSA) is 79.8 Å². The van der Waals surface area contributed by atoms with E-state index in [9.17, 15) is 4.79 Å². The van der Waals surface area contributed by atoms with E-state index in [1.807, 2.05) is 37.3 Å². The van der Waals surface area contributed by atoms with E-state index in [0.29, 0.717) is 24.5 Å². The molecule has 1 aromatic carbocycles. The predicted molar refractivity (Wildman–Crippen MR) is 110 cm³/mol. The lowest BCUT2D eigenvalue weighted by Gasteiger charge is -2.09. The molecular weight excluding hydrogens is 406 g/mol. The Morgan fingerprint density at radius 3 is 2.67 bits per heavy atom. The second-order valence-corrected chi connectivity index (χ2v) is 6.92. The molecule has 138 valence electrons. The zero-order valence-corrected chi connectivity index (χ0v) is 16.5. The van der Waals surface area contributed by atoms with Crippen LogP contribution < -0.4 is 10.6 Å². The third-order valence-electron chi connectivity index (χ3n) is 3.83. The minimum atomic E-state index is -0.0701. The Morgan fingerprint density at radius 1 is 1.11 bits per heavy atom. The van der Waals surface area contributed by atoms with Gasteiger partial charge in [-0.2, -0.15) is 0 Å². The number of amides is 1. The van der Waals surface area contributed by atoms with Crippen LogP contribution in [-0.2, 0) is 0 Å². The Morgan fingerprint density at radius 2 is 1.93 bits per heavy atom. The first-order valence-corrected chi connectivity index (χ1v) is 9.45. The van der Waals surface area contributed by atoms with Crippen molar-refractivity contribution in [1.82, 2.24) is 20.3 Å². The molecule has 0 saturated carbocycles. The Kier molecular flexibility index (Phi) is 6.49. The van der Waals surface area contributed by atoms with Gasteiger partial charge in [-0.1, -0.05) is 15.9 Å². The zero-order chi connectivity index (χ0) is 19.1. The van der Waals surface area contributed by atoms with Crippen LogP contribution in [0.2, 0.25) is 0 Å². The lowest BCUT2D eigenvalue weighted by molar-refractivity contribution is 0.0953. The average Bonchev–Trinajstić information content (AvgIpc) is 2.68. The van der Waals surface area contributed by atoms with Gasteiger partial charge in [-0.05, 0) is 49.7 Å². The largest absolute Gasteiger partial charge is 0.370 e. The zero-order valence-electron chi connectivity index (χ0n) is 14.9. The number of anilines is 1. The third-order valence-corrected chi connectivity index (χ3v) is 4.35. The van der Waals surface area contributed by atoms with Crippen molar-refractivity contribution < 1.29 is 4.79 Å². The molecule has 0 fully saturated rings. The second kappa shape index (κ2) is 9.23. The number of benzene rings is 1. The van der Waals surface area contributed by atoms with Crippen LogP contribution in [0.25, 0.3) is 11.4 Å². The summed E-state index contributed by atoms with van der Waals surface area (Å²) in [5.74, 6) is 1.34. The van der Waals surface area contributed by atoms with Crippen molar-refractivity contribution in [2.24, 2.45) is 0 Å². The summed E-state index contributed by atoms with van der Waals surface area (Å²) in [7, 11) is 0. The Bertz CT molecular complexity index is 900. The summed E-state index contributed by atoms with van der Waals surface area (Å²) in [6.07, 6.45) is 4.25. The quantitative estimate of drug-likeness (QED) is 0.562. The van der Waals surface area contributed by atoms with Gasteiger partial charge in [0.2, 0.25) is 0 Å². The highest BCUT2D eigenvalue weighted by Gasteiger charge is 2.06. The lowest BCUT2D eigenvalue weighted by atomic mass is 10.2. The van der Waals surface area contributed by atoms with E-state index in [-0.39, 0.29) is 5.91 Å². The molecule has 0 aliphatic rings. The Hall–Kier alpha value is -2.80. The maximum Gasteiger partial charge on any atom is 0.251 e. The minimum absolute atomic E-state index is 0.0701. The van der Waals surface area contributed by atoms with Gasteiger partial charge in [0.1, 0.15) is 5.82 Å². The molecule has 2 N–H and O–H groups in total. The molecule has 0 aliphatic carbocycles. The van der Waals surface area contributed by atoms with E-state index < -0.39 is 0 Å². The molecule has 0 radical (unpaired) electrons. The van der Waals surface area contributed by atoms with E-state index in [1.165, 1.54) is 0 Å². The van der Waals surface area contributed by atoms with Crippen molar-refractivity contribution in [3.63, 3.8) is 0 Å². The van der Waals surface area contributed by atoms with Gasteiger partial charge >= 0.3 is 0 Å². The molecule has 2 aromatic heterocycles. The van der Waals surface area contributed by atoms with Gasteiger partial charge in [0.25, 0.3) is 5.91 Å². The second-order valence-electron chi connectivity index (χ2n) is 6.00. The van der Waals surface area contributed by atoms with Gasteiger partial charge < -0.3 is 10.6 Å². The molecule has 7 heteroatoms. The van der Waals surface area contributed by atoms with E-state index in [1.54, 1.807) is 24.5 Å². The summed E-state index contributed by atoms with van der Waals surface area (Å²) < 4.78 is 0.953. The molecular formula is C20H20BrN5O. The van der Waals surface area contributed by atoms with E-state index in [4.69, 9.17) is 0 Å². The number of hydrogen-bond donors (Lipinski definition) is 2. The fourth-order valence-electron chi connectivity index (χ4n) is 2.49. The maximum absolute atomic E-state index is 12.1. The molecule has 0 bridgehead atoms. The van der Waals surface area contributed by atoms with Crippen molar-refractivity contribution in [2.75, 3.05) is 18.4 Å². The van der Waals surface area contributed by atoms with Gasteiger partial charge in [0, 0.05) is 52.8 Å². The van der Waals surface area contributed by atoms with Crippen LogP contribution in [0.3, 0.4) is 0 Å². The molecule has 0 saturated heterocycles. The molecule has 3 aromatic rings. The number of carbonyl (C=O) groups is 1. The number of nitrogens with zero attached hydrogens (tertiary/aromatic N) is 3. The monoisotopic (exact) mass is 425 g/mol.